The lowest BCUT2D eigenvalue weighted by Crippen LogP contribution is -2.46. The average molecular weight is 296 g/mol. The Balaban J connectivity index is 3.23. The Morgan fingerprint density at radius 2 is 2.10 bits per heavy atom. The van der Waals surface area contributed by atoms with Crippen LogP contribution < -0.4 is 0 Å². The van der Waals surface area contributed by atoms with Gasteiger partial charge in [-0.15, -0.1) is 6.58 Å². The highest BCUT2D eigenvalue weighted by molar-refractivity contribution is 6.06. The van der Waals surface area contributed by atoms with E-state index in [1.807, 2.05) is 0 Å². The second-order valence-electron chi connectivity index (χ2n) is 5.71. The molecule has 21 heavy (non-hydrogen) atoms. The molecule has 0 spiro atoms. The third-order valence-corrected chi connectivity index (χ3v) is 3.66. The maximum Gasteiger partial charge on any atom is 0.185 e. The SMILES string of the molecule is C=CCC1=C[C@@](C[C@@H](O)C(C)(C)O)(OC)C(OC)=CC1=O. The molecular formula is C16H24O5. The summed E-state index contributed by atoms with van der Waals surface area (Å²) in [4.78, 5) is 12.0. The van der Waals surface area contributed by atoms with E-state index in [9.17, 15) is 15.0 Å². The Hall–Kier alpha value is -1.43. The highest BCUT2D eigenvalue weighted by Crippen LogP contribution is 2.36. The van der Waals surface area contributed by atoms with Gasteiger partial charge < -0.3 is 19.7 Å². The average Bonchev–Trinajstić information content (AvgIpc) is 2.41. The molecule has 0 saturated carbocycles. The molecule has 0 saturated heterocycles. The minimum Gasteiger partial charge on any atom is -0.498 e. The zero-order chi connectivity index (χ0) is 16.3. The number of ether oxygens (including phenoxy) is 2. The van der Waals surface area contributed by atoms with Crippen LogP contribution in [0.15, 0.2) is 36.1 Å². The minimum absolute atomic E-state index is 0.0700. The zero-order valence-corrected chi connectivity index (χ0v) is 13.0. The number of rotatable bonds is 7. The van der Waals surface area contributed by atoms with Gasteiger partial charge in [0.25, 0.3) is 0 Å². The third kappa shape index (κ3) is 3.81. The Labute approximate surface area is 125 Å². The first kappa shape index (κ1) is 17.6. The molecule has 1 aliphatic carbocycles. The van der Waals surface area contributed by atoms with Gasteiger partial charge in [-0.3, -0.25) is 4.79 Å². The van der Waals surface area contributed by atoms with Crippen molar-refractivity contribution in [1.29, 1.82) is 0 Å². The lowest BCUT2D eigenvalue weighted by molar-refractivity contribution is -0.114. The lowest BCUT2D eigenvalue weighted by atomic mass is 9.81. The van der Waals surface area contributed by atoms with Gasteiger partial charge in [0.05, 0.1) is 18.8 Å². The van der Waals surface area contributed by atoms with E-state index in [1.54, 1.807) is 12.2 Å². The minimum atomic E-state index is -1.29. The summed E-state index contributed by atoms with van der Waals surface area (Å²) in [5.74, 6) is 0.142. The van der Waals surface area contributed by atoms with Crippen LogP contribution in [0.5, 0.6) is 0 Å². The second-order valence-corrected chi connectivity index (χ2v) is 5.71. The Bertz CT molecular complexity index is 470. The van der Waals surface area contributed by atoms with E-state index >= 15 is 0 Å². The normalized spacial score (nSPS) is 24.2. The van der Waals surface area contributed by atoms with Gasteiger partial charge in [0.2, 0.25) is 0 Å². The van der Waals surface area contributed by atoms with Crippen molar-refractivity contribution in [2.75, 3.05) is 14.2 Å². The molecular weight excluding hydrogens is 272 g/mol. The molecule has 0 fully saturated rings. The van der Waals surface area contributed by atoms with Gasteiger partial charge in [0, 0.05) is 25.2 Å². The van der Waals surface area contributed by atoms with Gasteiger partial charge in [0.1, 0.15) is 11.4 Å². The zero-order valence-electron chi connectivity index (χ0n) is 13.0. The molecule has 0 aromatic heterocycles. The highest BCUT2D eigenvalue weighted by Gasteiger charge is 2.43. The fourth-order valence-corrected chi connectivity index (χ4v) is 2.24. The number of hydrogen-bond acceptors (Lipinski definition) is 5. The Morgan fingerprint density at radius 3 is 2.52 bits per heavy atom. The summed E-state index contributed by atoms with van der Waals surface area (Å²) in [6.07, 6.45) is 4.05. The predicted octanol–water partition coefficient (Wildman–Crippen LogP) is 1.51. The van der Waals surface area contributed by atoms with Crippen molar-refractivity contribution >= 4 is 5.78 Å². The van der Waals surface area contributed by atoms with Gasteiger partial charge in [-0.2, -0.15) is 0 Å². The van der Waals surface area contributed by atoms with Crippen LogP contribution in [0.1, 0.15) is 26.7 Å². The van der Waals surface area contributed by atoms with Crippen molar-refractivity contribution in [1.82, 2.24) is 0 Å². The quantitative estimate of drug-likeness (QED) is 0.696. The molecule has 0 unspecified atom stereocenters. The van der Waals surface area contributed by atoms with E-state index < -0.39 is 17.3 Å². The fourth-order valence-electron chi connectivity index (χ4n) is 2.24. The van der Waals surface area contributed by atoms with Crippen LogP contribution in [0.3, 0.4) is 0 Å². The summed E-state index contributed by atoms with van der Waals surface area (Å²) in [7, 11) is 2.91. The van der Waals surface area contributed by atoms with Gasteiger partial charge in [-0.25, -0.2) is 0 Å². The summed E-state index contributed by atoms with van der Waals surface area (Å²) in [6.45, 7) is 6.65. The van der Waals surface area contributed by atoms with Crippen molar-refractivity contribution in [3.05, 3.63) is 36.1 Å². The molecule has 5 heteroatoms. The number of carbonyl (C=O) groups is 1. The van der Waals surface area contributed by atoms with Crippen molar-refractivity contribution < 1.29 is 24.5 Å². The topological polar surface area (TPSA) is 76.0 Å². The summed E-state index contributed by atoms with van der Waals surface area (Å²) in [5, 5.41) is 20.1. The smallest absolute Gasteiger partial charge is 0.185 e. The second kappa shape index (κ2) is 6.56. The first-order valence-electron chi connectivity index (χ1n) is 6.79. The molecule has 1 rings (SSSR count). The van der Waals surface area contributed by atoms with Crippen LogP contribution in [0.4, 0.5) is 0 Å². The van der Waals surface area contributed by atoms with Crippen molar-refractivity contribution in [3.63, 3.8) is 0 Å². The summed E-state index contributed by atoms with van der Waals surface area (Å²) in [5.41, 5.74) is -1.85. The number of allylic oxidation sites excluding steroid dienone is 3. The van der Waals surface area contributed by atoms with E-state index in [1.165, 1.54) is 34.1 Å². The number of aliphatic hydroxyl groups excluding tert-OH is 1. The summed E-state index contributed by atoms with van der Waals surface area (Å²) in [6, 6.07) is 0. The van der Waals surface area contributed by atoms with Crippen LogP contribution in [0.2, 0.25) is 0 Å². The number of methoxy groups -OCH3 is 2. The van der Waals surface area contributed by atoms with Gasteiger partial charge in [-0.05, 0) is 26.3 Å². The van der Waals surface area contributed by atoms with Crippen molar-refractivity contribution in [3.8, 4) is 0 Å². The molecule has 0 bridgehead atoms. The molecule has 0 amide bonds. The van der Waals surface area contributed by atoms with Crippen LogP contribution in [-0.2, 0) is 14.3 Å². The van der Waals surface area contributed by atoms with Crippen molar-refractivity contribution in [2.24, 2.45) is 0 Å². The molecule has 0 aromatic carbocycles. The van der Waals surface area contributed by atoms with Gasteiger partial charge in [-0.1, -0.05) is 6.08 Å². The van der Waals surface area contributed by atoms with Gasteiger partial charge in [0.15, 0.2) is 5.78 Å². The largest absolute Gasteiger partial charge is 0.498 e. The van der Waals surface area contributed by atoms with Crippen LogP contribution in [0.25, 0.3) is 0 Å². The maximum atomic E-state index is 12.0. The molecule has 0 radical (unpaired) electrons. The molecule has 2 atom stereocenters. The summed E-state index contributed by atoms with van der Waals surface area (Å²) < 4.78 is 10.8. The molecule has 1 aliphatic rings. The highest BCUT2D eigenvalue weighted by atomic mass is 16.5. The third-order valence-electron chi connectivity index (χ3n) is 3.66. The first-order valence-corrected chi connectivity index (χ1v) is 6.79. The predicted molar refractivity (Wildman–Crippen MR) is 79.7 cm³/mol. The number of hydrogen-bond donors (Lipinski definition) is 2. The molecule has 2 N–H and O–H groups in total. The van der Waals surface area contributed by atoms with E-state index in [0.717, 1.165) is 0 Å². The van der Waals surface area contributed by atoms with Crippen LogP contribution in [0, 0.1) is 0 Å². The molecule has 5 nitrogen and oxygen atoms in total. The monoisotopic (exact) mass is 296 g/mol. The van der Waals surface area contributed by atoms with Gasteiger partial charge >= 0.3 is 0 Å². The van der Waals surface area contributed by atoms with Crippen molar-refractivity contribution in [2.45, 2.75) is 44.0 Å². The Kier molecular flexibility index (Phi) is 5.50. The van der Waals surface area contributed by atoms with Crippen LogP contribution in [-0.4, -0.2) is 47.5 Å². The van der Waals surface area contributed by atoms with E-state index in [0.29, 0.717) is 17.8 Å². The van der Waals surface area contributed by atoms with Crippen LogP contribution >= 0.6 is 0 Å². The number of aliphatic hydroxyl groups is 2. The first-order chi connectivity index (χ1) is 9.70. The molecule has 0 heterocycles. The molecule has 118 valence electrons. The molecule has 0 aliphatic heterocycles. The lowest BCUT2D eigenvalue weighted by Gasteiger charge is -2.38. The summed E-state index contributed by atoms with van der Waals surface area (Å²) >= 11 is 0. The standard InChI is InChI=1S/C16H24O5/c1-6-7-11-9-16(21-5,10-13(18)15(2,3)19)14(20-4)8-12(11)17/h6,8-9,13,18-19H,1,7,10H2,2-5H3/t13-,16+/m1/s1. The molecule has 0 aromatic rings. The van der Waals surface area contributed by atoms with E-state index in [-0.39, 0.29) is 12.2 Å². The van der Waals surface area contributed by atoms with E-state index in [2.05, 4.69) is 6.58 Å². The fraction of sp³-hybridized carbons (Fsp3) is 0.562. The number of ketones is 1. The number of carbonyl (C=O) groups excluding carboxylic acids is 1. The Morgan fingerprint density at radius 1 is 1.48 bits per heavy atom. The maximum absolute atomic E-state index is 12.0. The van der Waals surface area contributed by atoms with E-state index in [4.69, 9.17) is 9.47 Å².